The van der Waals surface area contributed by atoms with Crippen molar-refractivity contribution >= 4 is 22.1 Å². The molecule has 0 heterocycles. The van der Waals surface area contributed by atoms with Gasteiger partial charge in [-0.2, -0.15) is 13.5 Å². The standard InChI is InChI=1S/C19H23N3O4S/c1-14(2)11-15-5-9-18(10-6-15)27(24,25)22-21-12-16-3-7-17(8-4-16)26-13-19(20)23/h3-10,12,14,22H,11,13H2,1-2H3,(H2,20,23)/b21-12-. The summed E-state index contributed by atoms with van der Waals surface area (Å²) in [6.45, 7) is 4.01. The minimum absolute atomic E-state index is 0.155. The summed E-state index contributed by atoms with van der Waals surface area (Å²) in [4.78, 5) is 13.0. The Labute approximate surface area is 159 Å². The molecule has 0 radical (unpaired) electrons. The zero-order valence-corrected chi connectivity index (χ0v) is 16.1. The van der Waals surface area contributed by atoms with Gasteiger partial charge in [0.05, 0.1) is 11.1 Å². The lowest BCUT2D eigenvalue weighted by atomic mass is 10.0. The van der Waals surface area contributed by atoms with Crippen LogP contribution in [0, 0.1) is 5.92 Å². The van der Waals surface area contributed by atoms with Gasteiger partial charge < -0.3 is 10.5 Å². The first-order chi connectivity index (χ1) is 12.8. The first kappa shape index (κ1) is 20.4. The van der Waals surface area contributed by atoms with Crippen molar-refractivity contribution in [2.75, 3.05) is 6.61 Å². The Bertz CT molecular complexity index is 890. The summed E-state index contributed by atoms with van der Waals surface area (Å²) in [5.41, 5.74) is 6.76. The van der Waals surface area contributed by atoms with Crippen LogP contribution in [-0.4, -0.2) is 27.1 Å². The maximum atomic E-state index is 12.3. The molecule has 7 nitrogen and oxygen atoms in total. The predicted octanol–water partition coefficient (Wildman–Crippen LogP) is 2.06. The molecule has 2 aromatic rings. The first-order valence-electron chi connectivity index (χ1n) is 8.41. The molecule has 0 saturated carbocycles. The van der Waals surface area contributed by atoms with E-state index in [1.54, 1.807) is 36.4 Å². The van der Waals surface area contributed by atoms with E-state index in [-0.39, 0.29) is 11.5 Å². The summed E-state index contributed by atoms with van der Waals surface area (Å²) in [7, 11) is -3.73. The predicted molar refractivity (Wildman–Crippen MR) is 104 cm³/mol. The molecule has 0 aliphatic rings. The van der Waals surface area contributed by atoms with Crippen LogP contribution in [0.1, 0.15) is 25.0 Å². The number of amides is 1. The maximum absolute atomic E-state index is 12.3. The minimum Gasteiger partial charge on any atom is -0.484 e. The van der Waals surface area contributed by atoms with Crippen molar-refractivity contribution in [1.29, 1.82) is 0 Å². The summed E-state index contributed by atoms with van der Waals surface area (Å²) in [6, 6.07) is 13.4. The molecule has 1 amide bonds. The van der Waals surface area contributed by atoms with Crippen molar-refractivity contribution in [3.63, 3.8) is 0 Å². The van der Waals surface area contributed by atoms with Gasteiger partial charge in [-0.25, -0.2) is 4.83 Å². The van der Waals surface area contributed by atoms with Gasteiger partial charge in [-0.15, -0.1) is 0 Å². The van der Waals surface area contributed by atoms with Gasteiger partial charge in [0.15, 0.2) is 6.61 Å². The van der Waals surface area contributed by atoms with Crippen molar-refractivity contribution in [3.8, 4) is 5.75 Å². The third-order valence-electron chi connectivity index (χ3n) is 3.53. The molecule has 2 rings (SSSR count). The molecular formula is C19H23N3O4S. The fraction of sp³-hybridized carbons (Fsp3) is 0.263. The molecule has 0 unspecified atom stereocenters. The van der Waals surface area contributed by atoms with Gasteiger partial charge in [0.2, 0.25) is 0 Å². The van der Waals surface area contributed by atoms with E-state index in [2.05, 4.69) is 23.8 Å². The van der Waals surface area contributed by atoms with E-state index in [1.807, 2.05) is 12.1 Å². The van der Waals surface area contributed by atoms with E-state index < -0.39 is 15.9 Å². The van der Waals surface area contributed by atoms with Crippen LogP contribution in [0.15, 0.2) is 58.5 Å². The number of carbonyl (C=O) groups is 1. The molecule has 0 spiro atoms. The average molecular weight is 389 g/mol. The summed E-state index contributed by atoms with van der Waals surface area (Å²) < 4.78 is 29.7. The fourth-order valence-electron chi connectivity index (χ4n) is 2.30. The van der Waals surface area contributed by atoms with Gasteiger partial charge in [-0.3, -0.25) is 4.79 Å². The lowest BCUT2D eigenvalue weighted by Crippen LogP contribution is -2.20. The van der Waals surface area contributed by atoms with E-state index in [4.69, 9.17) is 10.5 Å². The molecule has 0 aromatic heterocycles. The van der Waals surface area contributed by atoms with Gasteiger partial charge in [-0.05, 0) is 59.9 Å². The molecule has 0 aliphatic carbocycles. The number of nitrogens with zero attached hydrogens (tertiary/aromatic N) is 1. The number of rotatable bonds is 9. The SMILES string of the molecule is CC(C)Cc1ccc(S(=O)(=O)N/N=C\c2ccc(OCC(N)=O)cc2)cc1. The number of benzene rings is 2. The molecule has 0 saturated heterocycles. The number of sulfonamides is 1. The second-order valence-corrected chi connectivity index (χ2v) is 8.08. The third kappa shape index (κ3) is 6.74. The smallest absolute Gasteiger partial charge is 0.276 e. The van der Waals surface area contributed by atoms with Crippen LogP contribution in [-0.2, 0) is 21.2 Å². The van der Waals surface area contributed by atoms with E-state index in [9.17, 15) is 13.2 Å². The second-order valence-electron chi connectivity index (χ2n) is 6.42. The quantitative estimate of drug-likeness (QED) is 0.505. The van der Waals surface area contributed by atoms with Crippen LogP contribution in [0.5, 0.6) is 5.75 Å². The van der Waals surface area contributed by atoms with E-state index in [0.29, 0.717) is 17.2 Å². The normalized spacial score (nSPS) is 11.7. The number of primary amides is 1. The van der Waals surface area contributed by atoms with Gasteiger partial charge in [0.1, 0.15) is 5.75 Å². The minimum atomic E-state index is -3.73. The molecule has 144 valence electrons. The average Bonchev–Trinajstić information content (AvgIpc) is 2.61. The highest BCUT2D eigenvalue weighted by Crippen LogP contribution is 2.14. The number of hydrazone groups is 1. The molecule has 0 fully saturated rings. The first-order valence-corrected chi connectivity index (χ1v) is 9.89. The monoisotopic (exact) mass is 389 g/mol. The van der Waals surface area contributed by atoms with Gasteiger partial charge in [0, 0.05) is 0 Å². The Morgan fingerprint density at radius 3 is 2.33 bits per heavy atom. The Morgan fingerprint density at radius 1 is 1.15 bits per heavy atom. The van der Waals surface area contributed by atoms with Crippen LogP contribution in [0.25, 0.3) is 0 Å². The number of hydrogen-bond donors (Lipinski definition) is 2. The van der Waals surface area contributed by atoms with E-state index >= 15 is 0 Å². The molecule has 3 N–H and O–H groups in total. The van der Waals surface area contributed by atoms with Crippen molar-refractivity contribution in [1.82, 2.24) is 4.83 Å². The highest BCUT2D eigenvalue weighted by molar-refractivity contribution is 7.89. The van der Waals surface area contributed by atoms with Crippen LogP contribution in [0.3, 0.4) is 0 Å². The lowest BCUT2D eigenvalue weighted by molar-refractivity contribution is -0.119. The van der Waals surface area contributed by atoms with Crippen LogP contribution >= 0.6 is 0 Å². The second kappa shape index (κ2) is 9.18. The summed E-state index contributed by atoms with van der Waals surface area (Å²) in [5.74, 6) is 0.420. The molecular weight excluding hydrogens is 366 g/mol. The number of hydrogen-bond acceptors (Lipinski definition) is 5. The molecule has 0 aliphatic heterocycles. The van der Waals surface area contributed by atoms with Crippen molar-refractivity contribution in [3.05, 3.63) is 59.7 Å². The Balaban J connectivity index is 1.96. The largest absolute Gasteiger partial charge is 0.484 e. The Hall–Kier alpha value is -2.87. The fourth-order valence-corrected chi connectivity index (χ4v) is 3.09. The summed E-state index contributed by atoms with van der Waals surface area (Å²) in [5, 5.41) is 3.79. The van der Waals surface area contributed by atoms with E-state index in [0.717, 1.165) is 12.0 Å². The van der Waals surface area contributed by atoms with Crippen molar-refractivity contribution in [2.24, 2.45) is 16.8 Å². The van der Waals surface area contributed by atoms with Crippen LogP contribution in [0.4, 0.5) is 0 Å². The zero-order valence-electron chi connectivity index (χ0n) is 15.3. The Morgan fingerprint density at radius 2 is 1.78 bits per heavy atom. The van der Waals surface area contributed by atoms with Gasteiger partial charge in [-0.1, -0.05) is 26.0 Å². The van der Waals surface area contributed by atoms with E-state index in [1.165, 1.54) is 6.21 Å². The van der Waals surface area contributed by atoms with Crippen molar-refractivity contribution < 1.29 is 17.9 Å². The molecule has 0 bridgehead atoms. The number of ether oxygens (including phenoxy) is 1. The highest BCUT2D eigenvalue weighted by atomic mass is 32.2. The van der Waals surface area contributed by atoms with Crippen LogP contribution in [0.2, 0.25) is 0 Å². The molecule has 0 atom stereocenters. The zero-order chi connectivity index (χ0) is 19.9. The number of nitrogens with two attached hydrogens (primary N) is 1. The highest BCUT2D eigenvalue weighted by Gasteiger charge is 2.12. The third-order valence-corrected chi connectivity index (χ3v) is 4.76. The van der Waals surface area contributed by atoms with Gasteiger partial charge in [0.25, 0.3) is 15.9 Å². The summed E-state index contributed by atoms with van der Waals surface area (Å²) >= 11 is 0. The molecule has 2 aromatic carbocycles. The van der Waals surface area contributed by atoms with Gasteiger partial charge >= 0.3 is 0 Å². The van der Waals surface area contributed by atoms with Crippen molar-refractivity contribution in [2.45, 2.75) is 25.2 Å². The molecule has 8 heteroatoms. The van der Waals surface area contributed by atoms with Crippen LogP contribution < -0.4 is 15.3 Å². The Kier molecular flexibility index (Phi) is 6.95. The summed E-state index contributed by atoms with van der Waals surface area (Å²) in [6.07, 6.45) is 2.27. The maximum Gasteiger partial charge on any atom is 0.276 e. The molecule has 27 heavy (non-hydrogen) atoms. The topological polar surface area (TPSA) is 111 Å². The number of nitrogens with one attached hydrogen (secondary N) is 1. The number of carbonyl (C=O) groups excluding carboxylic acids is 1. The lowest BCUT2D eigenvalue weighted by Gasteiger charge is -2.07.